The lowest BCUT2D eigenvalue weighted by molar-refractivity contribution is -0.132. The minimum Gasteiger partial charge on any atom is -0.495 e. The maximum atomic E-state index is 12.5. The van der Waals surface area contributed by atoms with Crippen molar-refractivity contribution >= 4 is 18.0 Å². The Balaban J connectivity index is 1.79. The van der Waals surface area contributed by atoms with Gasteiger partial charge >= 0.3 is 0 Å². The summed E-state index contributed by atoms with van der Waals surface area (Å²) in [4.78, 5) is 25.2. The summed E-state index contributed by atoms with van der Waals surface area (Å²) in [5.74, 6) is 0.206. The summed E-state index contributed by atoms with van der Waals surface area (Å²) in [5.41, 5.74) is 3.23. The van der Waals surface area contributed by atoms with E-state index in [1.807, 2.05) is 18.2 Å². The van der Waals surface area contributed by atoms with Crippen molar-refractivity contribution < 1.29 is 19.1 Å². The third-order valence-electron chi connectivity index (χ3n) is 5.62. The number of nitrogens with one attached hydrogen (secondary N) is 2. The predicted molar refractivity (Wildman–Crippen MR) is 126 cm³/mol. The summed E-state index contributed by atoms with van der Waals surface area (Å²) >= 11 is 0. The number of carbonyl (C=O) groups excluding carboxylic acids is 2. The molecule has 1 fully saturated rings. The normalized spacial score (nSPS) is 16.3. The first-order valence-corrected chi connectivity index (χ1v) is 10.9. The van der Waals surface area contributed by atoms with Gasteiger partial charge in [-0.2, -0.15) is 10.5 Å². The molecule has 0 saturated carbocycles. The summed E-state index contributed by atoms with van der Waals surface area (Å²) in [7, 11) is 3.16. The molecule has 2 aromatic carbocycles. The summed E-state index contributed by atoms with van der Waals surface area (Å²) in [6, 6.07) is 14.3. The first kappa shape index (κ1) is 24.7. The van der Waals surface area contributed by atoms with Crippen molar-refractivity contribution in [1.29, 1.82) is 10.5 Å². The molecule has 0 spiro atoms. The fraction of sp³-hybridized carbons (Fsp3) is 0.360. The topological polar surface area (TPSA) is 127 Å². The Morgan fingerprint density at radius 2 is 2.09 bits per heavy atom. The molecule has 2 unspecified atom stereocenters. The number of nitrogens with zero attached hydrogens (tertiary/aromatic N) is 3. The monoisotopic (exact) mass is 461 g/mol. The van der Waals surface area contributed by atoms with Crippen molar-refractivity contribution in [2.45, 2.75) is 25.0 Å². The van der Waals surface area contributed by atoms with Gasteiger partial charge in [0, 0.05) is 26.6 Å². The fourth-order valence-electron chi connectivity index (χ4n) is 3.74. The number of nitriles is 2. The highest BCUT2D eigenvalue weighted by atomic mass is 16.5. The van der Waals surface area contributed by atoms with Crippen LogP contribution in [0.2, 0.25) is 0 Å². The van der Waals surface area contributed by atoms with Gasteiger partial charge in [0.1, 0.15) is 17.9 Å². The Morgan fingerprint density at radius 1 is 1.32 bits per heavy atom. The van der Waals surface area contributed by atoms with E-state index in [2.05, 4.69) is 22.8 Å². The molecule has 9 nitrogen and oxygen atoms in total. The highest BCUT2D eigenvalue weighted by molar-refractivity contribution is 5.83. The van der Waals surface area contributed by atoms with E-state index in [1.165, 1.54) is 12.0 Å². The zero-order valence-electron chi connectivity index (χ0n) is 19.2. The fourth-order valence-corrected chi connectivity index (χ4v) is 3.74. The number of amides is 2. The number of benzene rings is 2. The Morgan fingerprint density at radius 3 is 2.79 bits per heavy atom. The average molecular weight is 462 g/mol. The molecule has 1 aliphatic heterocycles. The minimum atomic E-state index is -0.800. The van der Waals surface area contributed by atoms with Crippen LogP contribution < -0.4 is 20.3 Å². The molecule has 3 rings (SSSR count). The van der Waals surface area contributed by atoms with E-state index in [9.17, 15) is 20.1 Å². The van der Waals surface area contributed by atoms with Crippen LogP contribution in [0.1, 0.15) is 17.5 Å². The van der Waals surface area contributed by atoms with Crippen molar-refractivity contribution in [3.05, 3.63) is 47.5 Å². The first-order chi connectivity index (χ1) is 16.5. The van der Waals surface area contributed by atoms with Gasteiger partial charge < -0.3 is 25.0 Å². The van der Waals surface area contributed by atoms with Crippen molar-refractivity contribution in [2.24, 2.45) is 0 Å². The molecule has 1 saturated heterocycles. The highest BCUT2D eigenvalue weighted by Crippen LogP contribution is 2.33. The number of ether oxygens (including phenoxy) is 2. The van der Waals surface area contributed by atoms with Gasteiger partial charge in [0.25, 0.3) is 5.91 Å². The van der Waals surface area contributed by atoms with Gasteiger partial charge in [0.15, 0.2) is 0 Å². The van der Waals surface area contributed by atoms with Crippen LogP contribution in [0.5, 0.6) is 5.75 Å². The minimum absolute atomic E-state index is 0.188. The van der Waals surface area contributed by atoms with Crippen molar-refractivity contribution in [3.8, 4) is 29.0 Å². The standard InChI is InChI=1S/C25H27N5O4/c1-30(16-31)22-12-19(6-7-23(22)33-2)17-4-5-18(20(10-17)13-26)11-21(14-27)29-25(32)24-15-28-8-3-9-34-24/h4-7,10,12,16,21,24,28H,3,8-9,11,15H2,1-2H3,(H,29,32). The lowest BCUT2D eigenvalue weighted by Crippen LogP contribution is -2.46. The maximum absolute atomic E-state index is 12.5. The van der Waals surface area contributed by atoms with Crippen LogP contribution in [0.4, 0.5) is 5.69 Å². The molecule has 0 aliphatic carbocycles. The summed E-state index contributed by atoms with van der Waals surface area (Å²) in [5, 5.41) is 25.2. The van der Waals surface area contributed by atoms with E-state index in [1.54, 1.807) is 25.2 Å². The third-order valence-corrected chi connectivity index (χ3v) is 5.62. The van der Waals surface area contributed by atoms with Gasteiger partial charge in [0.05, 0.1) is 30.5 Å². The van der Waals surface area contributed by atoms with Gasteiger partial charge in [-0.3, -0.25) is 9.59 Å². The van der Waals surface area contributed by atoms with E-state index in [0.29, 0.717) is 42.1 Å². The van der Waals surface area contributed by atoms with Crippen LogP contribution >= 0.6 is 0 Å². The van der Waals surface area contributed by atoms with Crippen molar-refractivity contribution in [2.75, 3.05) is 38.8 Å². The Bertz CT molecular complexity index is 1110. The van der Waals surface area contributed by atoms with Crippen molar-refractivity contribution in [1.82, 2.24) is 10.6 Å². The molecule has 2 aromatic rings. The van der Waals surface area contributed by atoms with Crippen LogP contribution in [-0.2, 0) is 20.7 Å². The summed E-state index contributed by atoms with van der Waals surface area (Å²) in [6.07, 6.45) is 1.06. The molecule has 0 aromatic heterocycles. The molecule has 0 radical (unpaired) electrons. The quantitative estimate of drug-likeness (QED) is 0.573. The average Bonchev–Trinajstić information content (AvgIpc) is 3.17. The molecular formula is C25H27N5O4. The van der Waals surface area contributed by atoms with Crippen molar-refractivity contribution in [3.63, 3.8) is 0 Å². The van der Waals surface area contributed by atoms with Crippen LogP contribution in [0.3, 0.4) is 0 Å². The van der Waals surface area contributed by atoms with Gasteiger partial charge in [-0.1, -0.05) is 18.2 Å². The number of hydrogen-bond acceptors (Lipinski definition) is 7. The number of anilines is 1. The Kier molecular flexibility index (Phi) is 8.58. The molecule has 0 bridgehead atoms. The number of methoxy groups -OCH3 is 1. The lowest BCUT2D eigenvalue weighted by Gasteiger charge is -2.19. The molecule has 176 valence electrons. The third kappa shape index (κ3) is 5.90. The molecule has 2 atom stereocenters. The first-order valence-electron chi connectivity index (χ1n) is 10.9. The molecule has 2 amide bonds. The smallest absolute Gasteiger partial charge is 0.251 e. The summed E-state index contributed by atoms with van der Waals surface area (Å²) in [6.45, 7) is 1.66. The van der Waals surface area contributed by atoms with E-state index in [0.717, 1.165) is 24.1 Å². The number of hydrogen-bond donors (Lipinski definition) is 2. The second-order valence-corrected chi connectivity index (χ2v) is 7.90. The lowest BCUT2D eigenvalue weighted by atomic mass is 9.95. The van der Waals surface area contributed by atoms with Gasteiger partial charge in [-0.15, -0.1) is 0 Å². The zero-order chi connectivity index (χ0) is 24.5. The molecule has 34 heavy (non-hydrogen) atoms. The molecule has 9 heteroatoms. The van der Waals surface area contributed by atoms with Gasteiger partial charge in [0.2, 0.25) is 6.41 Å². The molecular weight excluding hydrogens is 434 g/mol. The Labute approximate surface area is 198 Å². The summed E-state index contributed by atoms with van der Waals surface area (Å²) < 4.78 is 10.9. The molecule has 1 aliphatic rings. The van der Waals surface area contributed by atoms with Gasteiger partial charge in [-0.05, 0) is 47.9 Å². The second-order valence-electron chi connectivity index (χ2n) is 7.90. The van der Waals surface area contributed by atoms with Crippen LogP contribution in [0, 0.1) is 22.7 Å². The Hall–Kier alpha value is -3.92. The number of carbonyl (C=O) groups is 2. The number of rotatable bonds is 8. The van der Waals surface area contributed by atoms with Gasteiger partial charge in [-0.25, -0.2) is 0 Å². The highest BCUT2D eigenvalue weighted by Gasteiger charge is 2.24. The SMILES string of the molecule is COc1ccc(-c2ccc(CC(C#N)NC(=O)C3CNCCCO3)c(C#N)c2)cc1N(C)C=O. The predicted octanol–water partition coefficient (Wildman–Crippen LogP) is 1.76. The van der Waals surface area contributed by atoms with Crippen LogP contribution in [0.25, 0.3) is 11.1 Å². The van der Waals surface area contributed by atoms with E-state index in [4.69, 9.17) is 9.47 Å². The van der Waals surface area contributed by atoms with Crippen LogP contribution in [-0.4, -0.2) is 58.3 Å². The zero-order valence-corrected chi connectivity index (χ0v) is 19.2. The largest absolute Gasteiger partial charge is 0.495 e. The second kappa shape index (κ2) is 11.8. The molecule has 1 heterocycles. The van der Waals surface area contributed by atoms with Crippen LogP contribution in [0.15, 0.2) is 36.4 Å². The van der Waals surface area contributed by atoms with E-state index in [-0.39, 0.29) is 12.3 Å². The van der Waals surface area contributed by atoms with E-state index >= 15 is 0 Å². The molecule has 2 N–H and O–H groups in total. The maximum Gasteiger partial charge on any atom is 0.251 e. The van der Waals surface area contributed by atoms with E-state index < -0.39 is 12.1 Å².